The number of alkyl halides is 2. The summed E-state index contributed by atoms with van der Waals surface area (Å²) in [6, 6.07) is 7.69. The van der Waals surface area contributed by atoms with Crippen LogP contribution in [0.3, 0.4) is 0 Å². The van der Waals surface area contributed by atoms with Crippen molar-refractivity contribution in [2.75, 3.05) is 18.9 Å². The Labute approximate surface area is 248 Å². The standard InChI is InChI=1S/C31H34F3N5O4/c1-18(36-28(43)31(33,34)19-11-13-20(32)14-12-19)25(40)38(6)23(15-29(2,3)4)26(41)39-17-30(16-24(39)35-5)21-9-7-8-10-22(21)37-27(30)42/h7-14,18,23-24H,15-17H2,1-4,6H3,(H,36,43)(H,37,42)/t18-,23-,24-,30-/m0/s1. The van der Waals surface area contributed by atoms with Gasteiger partial charge in [-0.15, -0.1) is 0 Å². The number of carbonyl (C=O) groups excluding carboxylic acids is 4. The number of fused-ring (bicyclic) bond motifs is 2. The molecule has 0 bridgehead atoms. The second kappa shape index (κ2) is 11.4. The van der Waals surface area contributed by atoms with Gasteiger partial charge in [-0.3, -0.25) is 28.9 Å². The molecule has 228 valence electrons. The molecule has 2 heterocycles. The van der Waals surface area contributed by atoms with Crippen LogP contribution < -0.4 is 10.6 Å². The number of benzene rings is 2. The third-order valence-electron chi connectivity index (χ3n) is 8.00. The molecule has 1 saturated heterocycles. The van der Waals surface area contributed by atoms with Crippen molar-refractivity contribution < 1.29 is 32.3 Å². The summed E-state index contributed by atoms with van der Waals surface area (Å²) in [7, 11) is 1.34. The summed E-state index contributed by atoms with van der Waals surface area (Å²) in [4.78, 5) is 59.4. The minimum absolute atomic E-state index is 0.0689. The van der Waals surface area contributed by atoms with Crippen molar-refractivity contribution in [3.05, 3.63) is 76.9 Å². The molecule has 2 N–H and O–H groups in total. The summed E-state index contributed by atoms with van der Waals surface area (Å²) in [5.74, 6) is -8.23. The van der Waals surface area contributed by atoms with E-state index in [1.165, 1.54) is 18.9 Å². The van der Waals surface area contributed by atoms with Gasteiger partial charge >= 0.3 is 12.1 Å². The number of nitrogens with one attached hydrogen (secondary N) is 2. The molecule has 0 aliphatic carbocycles. The Morgan fingerprint density at radius 3 is 2.40 bits per heavy atom. The lowest BCUT2D eigenvalue weighted by molar-refractivity contribution is -0.152. The number of rotatable bonds is 7. The predicted octanol–water partition coefficient (Wildman–Crippen LogP) is 4.05. The molecule has 0 aromatic heterocycles. The molecule has 0 radical (unpaired) electrons. The highest BCUT2D eigenvalue weighted by molar-refractivity contribution is 6.07. The van der Waals surface area contributed by atoms with E-state index in [2.05, 4.69) is 10.2 Å². The molecule has 43 heavy (non-hydrogen) atoms. The van der Waals surface area contributed by atoms with Crippen LogP contribution in [-0.2, 0) is 30.5 Å². The number of nitrogens with zero attached hydrogens (tertiary/aromatic N) is 3. The minimum atomic E-state index is -4.05. The second-order valence-corrected chi connectivity index (χ2v) is 12.4. The highest BCUT2D eigenvalue weighted by atomic mass is 19.3. The molecule has 4 rings (SSSR count). The Balaban J connectivity index is 1.57. The first-order valence-electron chi connectivity index (χ1n) is 13.8. The Hall–Kier alpha value is -4.40. The van der Waals surface area contributed by atoms with E-state index in [1.54, 1.807) is 24.3 Å². The predicted molar refractivity (Wildman–Crippen MR) is 152 cm³/mol. The number of likely N-dealkylation sites (N-methyl/N-ethyl adjacent to an activating group) is 1. The van der Waals surface area contributed by atoms with E-state index in [1.807, 2.05) is 26.1 Å². The van der Waals surface area contributed by atoms with Crippen LogP contribution in [0, 0.1) is 17.8 Å². The molecular formula is C31H34F3N5O4. The van der Waals surface area contributed by atoms with Gasteiger partial charge in [0.25, 0.3) is 11.8 Å². The summed E-state index contributed by atoms with van der Waals surface area (Å²) in [5.41, 5.74) is -1.04. The van der Waals surface area contributed by atoms with Crippen molar-refractivity contribution in [2.24, 2.45) is 5.41 Å². The Bertz CT molecular complexity index is 1480. The molecule has 1 fully saturated rings. The first-order valence-corrected chi connectivity index (χ1v) is 13.8. The summed E-state index contributed by atoms with van der Waals surface area (Å²) in [6.07, 6.45) is -0.741. The fraction of sp³-hybridized carbons (Fsp3) is 0.452. The van der Waals surface area contributed by atoms with Crippen LogP contribution in [0.2, 0.25) is 0 Å². The second-order valence-electron chi connectivity index (χ2n) is 12.4. The number of hydrogen-bond acceptors (Lipinski definition) is 4. The number of halogens is 3. The maximum absolute atomic E-state index is 14.8. The lowest BCUT2D eigenvalue weighted by atomic mass is 9.80. The number of amides is 4. The number of likely N-dealkylation sites (tertiary alicyclic amines) is 1. The van der Waals surface area contributed by atoms with Crippen LogP contribution >= 0.6 is 0 Å². The molecule has 0 unspecified atom stereocenters. The van der Waals surface area contributed by atoms with Crippen molar-refractivity contribution >= 4 is 29.3 Å². The summed E-state index contributed by atoms with van der Waals surface area (Å²) < 4.78 is 42.8. The topological polar surface area (TPSA) is 103 Å². The van der Waals surface area contributed by atoms with Gasteiger partial charge in [0.1, 0.15) is 23.3 Å². The summed E-state index contributed by atoms with van der Waals surface area (Å²) in [5, 5.41) is 4.85. The zero-order valence-electron chi connectivity index (χ0n) is 24.6. The third kappa shape index (κ3) is 5.94. The number of carbonyl (C=O) groups is 4. The minimum Gasteiger partial charge on any atom is -0.339 e. The molecule has 0 saturated carbocycles. The molecule has 1 spiro atoms. The normalized spacial score (nSPS) is 21.0. The van der Waals surface area contributed by atoms with Crippen molar-refractivity contribution in [2.45, 2.75) is 70.1 Å². The smallest absolute Gasteiger partial charge is 0.339 e. The van der Waals surface area contributed by atoms with E-state index >= 15 is 0 Å². The van der Waals surface area contributed by atoms with E-state index in [4.69, 9.17) is 6.57 Å². The van der Waals surface area contributed by atoms with Gasteiger partial charge in [0, 0.05) is 24.8 Å². The molecule has 2 aromatic rings. The molecule has 12 heteroatoms. The van der Waals surface area contributed by atoms with Crippen LogP contribution in [0.15, 0.2) is 48.5 Å². The quantitative estimate of drug-likeness (QED) is 0.470. The fourth-order valence-corrected chi connectivity index (χ4v) is 5.72. The van der Waals surface area contributed by atoms with E-state index in [9.17, 15) is 32.3 Å². The van der Waals surface area contributed by atoms with Gasteiger partial charge in [-0.25, -0.2) is 11.0 Å². The van der Waals surface area contributed by atoms with Crippen molar-refractivity contribution in [1.82, 2.24) is 15.1 Å². The fourth-order valence-electron chi connectivity index (χ4n) is 5.72. The highest BCUT2D eigenvalue weighted by Gasteiger charge is 2.59. The number of para-hydroxylation sites is 1. The molecule has 2 aliphatic rings. The summed E-state index contributed by atoms with van der Waals surface area (Å²) in [6.45, 7) is 14.5. The van der Waals surface area contributed by atoms with Gasteiger partial charge in [0.15, 0.2) is 0 Å². The van der Waals surface area contributed by atoms with E-state index in [0.717, 1.165) is 29.2 Å². The van der Waals surface area contributed by atoms with Gasteiger partial charge in [-0.2, -0.15) is 8.78 Å². The van der Waals surface area contributed by atoms with Gasteiger partial charge in [0.05, 0.1) is 6.42 Å². The van der Waals surface area contributed by atoms with Gasteiger partial charge < -0.3 is 15.5 Å². The van der Waals surface area contributed by atoms with Crippen LogP contribution in [0.25, 0.3) is 4.85 Å². The van der Waals surface area contributed by atoms with Crippen molar-refractivity contribution in [3.63, 3.8) is 0 Å². The summed E-state index contributed by atoms with van der Waals surface area (Å²) >= 11 is 0. The number of hydrogen-bond donors (Lipinski definition) is 2. The lowest BCUT2D eigenvalue weighted by Gasteiger charge is -2.36. The molecule has 4 amide bonds. The molecule has 9 nitrogen and oxygen atoms in total. The van der Waals surface area contributed by atoms with Crippen LogP contribution in [0.5, 0.6) is 0 Å². The highest BCUT2D eigenvalue weighted by Crippen LogP contribution is 2.47. The van der Waals surface area contributed by atoms with E-state index in [-0.39, 0.29) is 25.3 Å². The average molecular weight is 598 g/mol. The lowest BCUT2D eigenvalue weighted by Crippen LogP contribution is -2.57. The van der Waals surface area contributed by atoms with E-state index in [0.29, 0.717) is 11.3 Å². The first kappa shape index (κ1) is 31.5. The Morgan fingerprint density at radius 2 is 1.79 bits per heavy atom. The SMILES string of the molecule is [C-]#[N+][C@@H]1C[C@@]2(CN1C(=O)[C@H](CC(C)(C)C)N(C)C(=O)[C@H](C)NC(=O)C(F)(F)c1ccc(F)cc1)C(=O)Nc1ccccc12. The molecule has 2 aliphatic heterocycles. The number of anilines is 1. The van der Waals surface area contributed by atoms with Gasteiger partial charge in [-0.1, -0.05) is 39.0 Å². The van der Waals surface area contributed by atoms with Gasteiger partial charge in [-0.05, 0) is 54.7 Å². The zero-order chi connectivity index (χ0) is 31.9. The van der Waals surface area contributed by atoms with Crippen molar-refractivity contribution in [3.8, 4) is 0 Å². The largest absolute Gasteiger partial charge is 0.349 e. The maximum Gasteiger partial charge on any atom is 0.349 e. The zero-order valence-corrected chi connectivity index (χ0v) is 24.6. The van der Waals surface area contributed by atoms with Crippen LogP contribution in [-0.4, -0.2) is 65.3 Å². The molecular weight excluding hydrogens is 563 g/mol. The van der Waals surface area contributed by atoms with Crippen LogP contribution in [0.1, 0.15) is 51.7 Å². The maximum atomic E-state index is 14.8. The molecule has 2 aromatic carbocycles. The Morgan fingerprint density at radius 1 is 1.16 bits per heavy atom. The van der Waals surface area contributed by atoms with Crippen molar-refractivity contribution in [1.29, 1.82) is 0 Å². The average Bonchev–Trinajstić information content (AvgIpc) is 3.48. The Kier molecular flexibility index (Phi) is 8.33. The molecule has 4 atom stereocenters. The van der Waals surface area contributed by atoms with Crippen LogP contribution in [0.4, 0.5) is 18.9 Å². The van der Waals surface area contributed by atoms with E-state index < -0.39 is 64.1 Å². The first-order chi connectivity index (χ1) is 20.0. The van der Waals surface area contributed by atoms with Gasteiger partial charge in [0.2, 0.25) is 11.8 Å². The third-order valence-corrected chi connectivity index (χ3v) is 8.00. The monoisotopic (exact) mass is 597 g/mol.